The van der Waals surface area contributed by atoms with Gasteiger partial charge in [0.1, 0.15) is 31.2 Å². The minimum absolute atomic E-state index is 0.00313. The second-order valence-corrected chi connectivity index (χ2v) is 11.8. The number of ether oxygens (including phenoxy) is 1. The van der Waals surface area contributed by atoms with Gasteiger partial charge in [-0.15, -0.1) is 0 Å². The molecule has 0 radical (unpaired) electrons. The van der Waals surface area contributed by atoms with E-state index in [0.29, 0.717) is 23.0 Å². The molecule has 3 aromatic rings. The van der Waals surface area contributed by atoms with Crippen LogP contribution in [-0.4, -0.2) is 49.4 Å². The second-order valence-electron chi connectivity index (χ2n) is 11.4. The van der Waals surface area contributed by atoms with Gasteiger partial charge < -0.3 is 14.9 Å². The van der Waals surface area contributed by atoms with Gasteiger partial charge in [0.2, 0.25) is 17.7 Å². The molecule has 0 saturated heterocycles. The second kappa shape index (κ2) is 11.8. The smallest absolute Gasteiger partial charge is 0.276 e. The van der Waals surface area contributed by atoms with Crippen molar-refractivity contribution in [3.63, 3.8) is 0 Å². The van der Waals surface area contributed by atoms with Crippen LogP contribution in [-0.2, 0) is 22.7 Å². The van der Waals surface area contributed by atoms with Gasteiger partial charge in [0.25, 0.3) is 5.56 Å². The number of hydrogen-bond donors (Lipinski definition) is 2. The van der Waals surface area contributed by atoms with Gasteiger partial charge in [0.15, 0.2) is 5.02 Å². The highest BCUT2D eigenvalue weighted by Gasteiger charge is 2.36. The fourth-order valence-corrected chi connectivity index (χ4v) is 4.62. The summed E-state index contributed by atoms with van der Waals surface area (Å²) >= 11 is 6.21. The first-order chi connectivity index (χ1) is 19.5. The third kappa shape index (κ3) is 7.30. The summed E-state index contributed by atoms with van der Waals surface area (Å²) in [5.74, 6) is -2.58. The normalized spacial score (nSPS) is 13.4. The predicted molar refractivity (Wildman–Crippen MR) is 151 cm³/mol. The molecule has 10 nitrogen and oxygen atoms in total. The van der Waals surface area contributed by atoms with Crippen LogP contribution in [0.25, 0.3) is 0 Å². The van der Waals surface area contributed by atoms with E-state index < -0.39 is 40.2 Å². The summed E-state index contributed by atoms with van der Waals surface area (Å²) in [5.41, 5.74) is -1.72. The number of rotatable bonds is 9. The average Bonchev–Trinajstić information content (AvgIpc) is 3.25. The van der Waals surface area contributed by atoms with Gasteiger partial charge in [-0.25, -0.2) is 13.8 Å². The number of aromatic nitrogens is 2. The van der Waals surface area contributed by atoms with E-state index in [0.717, 1.165) is 6.07 Å². The molecule has 0 spiro atoms. The molecule has 0 saturated carbocycles. The number of halogens is 3. The molecule has 2 heterocycles. The minimum atomic E-state index is -1.29. The Kier molecular flexibility index (Phi) is 8.72. The van der Waals surface area contributed by atoms with E-state index in [-0.39, 0.29) is 49.1 Å². The molecule has 42 heavy (non-hydrogen) atoms. The Bertz CT molecular complexity index is 1580. The highest BCUT2D eigenvalue weighted by molar-refractivity contribution is 6.31. The third-order valence-corrected chi connectivity index (χ3v) is 6.68. The van der Waals surface area contributed by atoms with Gasteiger partial charge in [-0.2, -0.15) is 0 Å². The molecule has 2 N–H and O–H groups in total. The van der Waals surface area contributed by atoms with Crippen LogP contribution in [0, 0.1) is 11.6 Å². The fourth-order valence-electron chi connectivity index (χ4n) is 4.41. The van der Waals surface area contributed by atoms with Crippen LogP contribution < -0.4 is 20.1 Å². The van der Waals surface area contributed by atoms with Crippen LogP contribution in [0.15, 0.2) is 47.5 Å². The van der Waals surface area contributed by atoms with E-state index in [1.54, 1.807) is 18.2 Å². The molecule has 2 aromatic carbocycles. The highest BCUT2D eigenvalue weighted by atomic mass is 35.5. The number of aliphatic hydroxyl groups is 2. The number of carbonyl (C=O) groups excluding carboxylic acids is 2. The predicted octanol–water partition coefficient (Wildman–Crippen LogP) is 3.76. The lowest BCUT2D eigenvalue weighted by Crippen LogP contribution is -2.42. The van der Waals surface area contributed by atoms with E-state index >= 15 is 0 Å². The zero-order chi connectivity index (χ0) is 31.0. The third-order valence-electron chi connectivity index (χ3n) is 6.36. The van der Waals surface area contributed by atoms with E-state index in [9.17, 15) is 33.4 Å². The summed E-state index contributed by atoms with van der Waals surface area (Å²) in [6.07, 6.45) is 0.824. The topological polar surface area (TPSA) is 125 Å². The molecule has 1 aliphatic heterocycles. The van der Waals surface area contributed by atoms with Crippen molar-refractivity contribution in [1.82, 2.24) is 9.55 Å². The molecule has 1 aliphatic rings. The fraction of sp³-hybridized carbons (Fsp3) is 0.379. The van der Waals surface area contributed by atoms with Gasteiger partial charge in [-0.1, -0.05) is 17.7 Å². The van der Waals surface area contributed by atoms with Crippen LogP contribution in [0.5, 0.6) is 5.88 Å². The van der Waals surface area contributed by atoms with Crippen molar-refractivity contribution >= 4 is 34.8 Å². The Morgan fingerprint density at radius 1 is 0.976 bits per heavy atom. The molecule has 0 fully saturated rings. The van der Waals surface area contributed by atoms with Crippen LogP contribution in [0.4, 0.5) is 20.2 Å². The first kappa shape index (κ1) is 31.1. The largest absolute Gasteiger partial charge is 0.471 e. The molecule has 0 unspecified atom stereocenters. The number of nitrogens with zero attached hydrogens (tertiary/aromatic N) is 4. The molecule has 0 atom stereocenters. The number of hydrogen-bond acceptors (Lipinski definition) is 7. The molecule has 224 valence electrons. The van der Waals surface area contributed by atoms with Crippen LogP contribution in [0.1, 0.15) is 51.7 Å². The Morgan fingerprint density at radius 2 is 1.60 bits per heavy atom. The molecular weight excluding hydrogens is 574 g/mol. The van der Waals surface area contributed by atoms with Crippen molar-refractivity contribution in [2.24, 2.45) is 0 Å². The highest BCUT2D eigenvalue weighted by Crippen LogP contribution is 2.38. The van der Waals surface area contributed by atoms with E-state index in [4.69, 9.17) is 16.3 Å². The van der Waals surface area contributed by atoms with E-state index in [2.05, 4.69) is 4.98 Å². The first-order valence-corrected chi connectivity index (χ1v) is 13.4. The average molecular weight is 605 g/mol. The number of anilines is 2. The summed E-state index contributed by atoms with van der Waals surface area (Å²) in [5, 5.41) is 20.0. The van der Waals surface area contributed by atoms with Crippen molar-refractivity contribution in [3.8, 4) is 5.88 Å². The number of fused-ring (bicyclic) bond motifs is 1. The van der Waals surface area contributed by atoms with Crippen molar-refractivity contribution in [2.45, 2.75) is 64.9 Å². The summed E-state index contributed by atoms with van der Waals surface area (Å²) in [7, 11) is 0. The Hall–Kier alpha value is -3.87. The Morgan fingerprint density at radius 3 is 2.19 bits per heavy atom. The van der Waals surface area contributed by atoms with E-state index in [1.807, 2.05) is 0 Å². The summed E-state index contributed by atoms with van der Waals surface area (Å²) in [4.78, 5) is 45.9. The van der Waals surface area contributed by atoms with Gasteiger partial charge in [-0.3, -0.25) is 28.8 Å². The molecule has 13 heteroatoms. The lowest BCUT2D eigenvalue weighted by Gasteiger charge is -2.24. The van der Waals surface area contributed by atoms with Gasteiger partial charge >= 0.3 is 0 Å². The zero-order valence-corrected chi connectivity index (χ0v) is 24.3. The first-order valence-electron chi connectivity index (χ1n) is 13.0. The molecule has 0 bridgehead atoms. The monoisotopic (exact) mass is 604 g/mol. The van der Waals surface area contributed by atoms with Gasteiger partial charge in [0, 0.05) is 11.6 Å². The van der Waals surface area contributed by atoms with Crippen LogP contribution in [0.2, 0.25) is 5.02 Å². The summed E-state index contributed by atoms with van der Waals surface area (Å²) < 4.78 is 33.7. The zero-order valence-electron chi connectivity index (χ0n) is 23.5. The molecular formula is C29H31ClF2N4O6. The van der Waals surface area contributed by atoms with Crippen molar-refractivity contribution in [3.05, 3.63) is 80.9 Å². The summed E-state index contributed by atoms with van der Waals surface area (Å²) in [6.45, 7) is 5.59. The maximum Gasteiger partial charge on any atom is 0.276 e. The Labute approximate surface area is 245 Å². The lowest BCUT2D eigenvalue weighted by molar-refractivity contribution is -0.122. The standard InChI is InChI=1S/C29H31ClF2N4O6/c1-28(2,40)11-23(37)35-16-36(24(38)12-29(3,4)41)22-9-17(5-8-21(22)35)13-34-15-33-26(25(30)27(34)39)42-14-18-6-7-19(31)10-20(18)32/h5-10,15,40-41H,11-14,16H2,1-4H3. The molecule has 2 amide bonds. The van der Waals surface area contributed by atoms with Crippen molar-refractivity contribution in [2.75, 3.05) is 16.5 Å². The molecule has 1 aromatic heterocycles. The maximum atomic E-state index is 13.9. The molecule has 4 rings (SSSR count). The maximum absolute atomic E-state index is 13.9. The SMILES string of the molecule is CC(C)(O)CC(=O)N1CN(C(=O)CC(C)(C)O)c2cc(Cn3cnc(OCc4ccc(F)cc4F)c(Cl)c3=O)ccc21. The summed E-state index contributed by atoms with van der Waals surface area (Å²) in [6, 6.07) is 7.96. The number of benzene rings is 2. The number of amides is 2. The van der Waals surface area contributed by atoms with Crippen LogP contribution in [0.3, 0.4) is 0 Å². The minimum Gasteiger partial charge on any atom is -0.471 e. The van der Waals surface area contributed by atoms with Crippen molar-refractivity contribution in [1.29, 1.82) is 0 Å². The van der Waals surface area contributed by atoms with Crippen molar-refractivity contribution < 1.29 is 33.3 Å². The molecule has 0 aliphatic carbocycles. The lowest BCUT2D eigenvalue weighted by atomic mass is 10.0. The van der Waals surface area contributed by atoms with Gasteiger partial charge in [-0.05, 0) is 57.5 Å². The number of carbonyl (C=O) groups is 2. The van der Waals surface area contributed by atoms with Crippen LogP contribution >= 0.6 is 11.6 Å². The quantitative estimate of drug-likeness (QED) is 0.381. The Balaban J connectivity index is 1.59. The van der Waals surface area contributed by atoms with Gasteiger partial charge in [0.05, 0.1) is 42.0 Å². The van der Waals surface area contributed by atoms with E-state index in [1.165, 1.54) is 54.5 Å².